The Morgan fingerprint density at radius 2 is 1.92 bits per heavy atom. The summed E-state index contributed by atoms with van der Waals surface area (Å²) in [4.78, 5) is 10.8. The number of nitrogen functional groups attached to an aromatic ring is 1. The number of anilines is 3. The second-order valence-corrected chi connectivity index (χ2v) is 8.20. The highest BCUT2D eigenvalue weighted by molar-refractivity contribution is 6.03. The average molecular weight is 517 g/mol. The first-order chi connectivity index (χ1) is 17.7. The Hall–Kier alpha value is -4.06. The third kappa shape index (κ3) is 5.85. The summed E-state index contributed by atoms with van der Waals surface area (Å²) in [6.45, 7) is 2.55. The molecule has 0 radical (unpaired) electrons. The molecule has 196 valence electrons. The molecule has 1 aliphatic heterocycles. The van der Waals surface area contributed by atoms with Crippen LogP contribution in [0.3, 0.4) is 0 Å². The summed E-state index contributed by atoms with van der Waals surface area (Å²) < 4.78 is 54.1. The normalized spacial score (nSPS) is 14.7. The molecular formula is C25H27F3N6O3. The second kappa shape index (κ2) is 10.9. The quantitative estimate of drug-likeness (QED) is 0.187. The number of para-hydroxylation sites is 2. The van der Waals surface area contributed by atoms with Gasteiger partial charge in [0, 0.05) is 5.56 Å². The summed E-state index contributed by atoms with van der Waals surface area (Å²) in [5, 5.41) is 11.3. The summed E-state index contributed by atoms with van der Waals surface area (Å²) in [6.07, 6.45) is -2.71. The van der Waals surface area contributed by atoms with Gasteiger partial charge in [0.1, 0.15) is 28.7 Å². The summed E-state index contributed by atoms with van der Waals surface area (Å²) in [5.41, 5.74) is 7.20. The number of unbranched alkanes of at least 4 members (excludes halogenated alkanes) is 2. The maximum atomic E-state index is 12.8. The van der Waals surface area contributed by atoms with Crippen LogP contribution in [-0.2, 0) is 4.74 Å². The zero-order valence-corrected chi connectivity index (χ0v) is 20.3. The van der Waals surface area contributed by atoms with Crippen molar-refractivity contribution in [2.24, 2.45) is 5.73 Å². The van der Waals surface area contributed by atoms with E-state index in [2.05, 4.69) is 26.9 Å². The van der Waals surface area contributed by atoms with Crippen LogP contribution in [0.2, 0.25) is 0 Å². The van der Waals surface area contributed by atoms with Crippen molar-refractivity contribution in [3.63, 3.8) is 0 Å². The Morgan fingerprint density at radius 3 is 2.62 bits per heavy atom. The molecule has 3 aromatic rings. The van der Waals surface area contributed by atoms with Crippen molar-refractivity contribution in [3.8, 4) is 22.9 Å². The smallest absolute Gasteiger partial charge is 0.495 e. The Kier molecular flexibility index (Phi) is 7.67. The molecule has 0 bridgehead atoms. The van der Waals surface area contributed by atoms with Crippen molar-refractivity contribution < 1.29 is 27.4 Å². The topological polar surface area (TPSA) is 119 Å². The molecule has 4 rings (SSSR count). The highest BCUT2D eigenvalue weighted by Crippen LogP contribution is 2.44. The molecule has 0 amide bonds. The largest absolute Gasteiger partial charge is 0.573 e. The first-order valence-corrected chi connectivity index (χ1v) is 11.6. The van der Waals surface area contributed by atoms with Gasteiger partial charge >= 0.3 is 6.36 Å². The number of hydrogen-bond donors (Lipinski definition) is 3. The molecule has 1 unspecified atom stereocenters. The SMILES string of the molecule is CCCCCOC1Nc2c(C(=N)N)nc(-c3cccc(OC(F)(F)F)c3)nc2N1c1ccccc1OC. The predicted octanol–water partition coefficient (Wildman–Crippen LogP) is 5.39. The van der Waals surface area contributed by atoms with Gasteiger partial charge in [-0.2, -0.15) is 0 Å². The fraction of sp³-hybridized carbons (Fsp3) is 0.320. The van der Waals surface area contributed by atoms with E-state index in [0.717, 1.165) is 19.3 Å². The van der Waals surface area contributed by atoms with E-state index >= 15 is 0 Å². The molecule has 12 heteroatoms. The zero-order chi connectivity index (χ0) is 26.6. The first kappa shape index (κ1) is 26.0. The third-order valence-corrected chi connectivity index (χ3v) is 5.57. The molecule has 4 N–H and O–H groups in total. The van der Waals surface area contributed by atoms with Crippen molar-refractivity contribution in [1.29, 1.82) is 5.41 Å². The number of nitrogens with one attached hydrogen (secondary N) is 2. The molecular weight excluding hydrogens is 489 g/mol. The van der Waals surface area contributed by atoms with Gasteiger partial charge in [0.25, 0.3) is 0 Å². The van der Waals surface area contributed by atoms with Crippen LogP contribution in [0.5, 0.6) is 11.5 Å². The predicted molar refractivity (Wildman–Crippen MR) is 133 cm³/mol. The molecule has 0 saturated carbocycles. The number of rotatable bonds is 10. The maximum absolute atomic E-state index is 12.8. The Balaban J connectivity index is 1.83. The number of hydrogen-bond acceptors (Lipinski definition) is 8. The fourth-order valence-electron chi connectivity index (χ4n) is 3.94. The van der Waals surface area contributed by atoms with E-state index in [1.54, 1.807) is 24.1 Å². The molecule has 0 aliphatic carbocycles. The maximum Gasteiger partial charge on any atom is 0.573 e. The molecule has 1 aromatic heterocycles. The Labute approximate surface area is 211 Å². The first-order valence-electron chi connectivity index (χ1n) is 11.6. The number of methoxy groups -OCH3 is 1. The van der Waals surface area contributed by atoms with Gasteiger partial charge in [-0.15, -0.1) is 13.2 Å². The summed E-state index contributed by atoms with van der Waals surface area (Å²) in [5.74, 6) is 0.175. The highest BCUT2D eigenvalue weighted by atomic mass is 19.4. The lowest BCUT2D eigenvalue weighted by Crippen LogP contribution is -2.35. The van der Waals surface area contributed by atoms with E-state index in [4.69, 9.17) is 20.6 Å². The lowest BCUT2D eigenvalue weighted by atomic mass is 10.2. The van der Waals surface area contributed by atoms with Crippen LogP contribution >= 0.6 is 0 Å². The minimum atomic E-state index is -4.85. The Bertz CT molecular complexity index is 1270. The van der Waals surface area contributed by atoms with Crippen LogP contribution in [0.4, 0.5) is 30.4 Å². The van der Waals surface area contributed by atoms with E-state index in [1.165, 1.54) is 18.2 Å². The second-order valence-electron chi connectivity index (χ2n) is 8.20. The fourth-order valence-corrected chi connectivity index (χ4v) is 3.94. The van der Waals surface area contributed by atoms with Crippen molar-refractivity contribution in [1.82, 2.24) is 9.97 Å². The van der Waals surface area contributed by atoms with Crippen LogP contribution < -0.4 is 25.4 Å². The van der Waals surface area contributed by atoms with Gasteiger partial charge in [0.2, 0.25) is 6.35 Å². The van der Waals surface area contributed by atoms with Gasteiger partial charge < -0.3 is 25.3 Å². The third-order valence-electron chi connectivity index (χ3n) is 5.57. The van der Waals surface area contributed by atoms with Crippen molar-refractivity contribution in [3.05, 3.63) is 54.2 Å². The Morgan fingerprint density at radius 1 is 1.14 bits per heavy atom. The summed E-state index contributed by atoms with van der Waals surface area (Å²) in [7, 11) is 1.54. The monoisotopic (exact) mass is 516 g/mol. The molecule has 0 spiro atoms. The number of amidine groups is 1. The standard InChI is InChI=1S/C25H27F3N6O3/c1-3-4-7-13-36-24-32-20-19(21(29)30)31-22(15-9-8-10-16(14-15)37-25(26,27)28)33-23(20)34(24)17-11-5-6-12-18(17)35-2/h5-6,8-12,14,24,32H,3-4,7,13H2,1-2H3,(H3,29,30). The van der Waals surface area contributed by atoms with Gasteiger partial charge in [-0.3, -0.25) is 10.3 Å². The highest BCUT2D eigenvalue weighted by Gasteiger charge is 2.37. The van der Waals surface area contributed by atoms with Crippen molar-refractivity contribution in [2.75, 3.05) is 23.9 Å². The number of nitrogens with zero attached hydrogens (tertiary/aromatic N) is 3. The van der Waals surface area contributed by atoms with Crippen LogP contribution in [-0.4, -0.2) is 42.2 Å². The molecule has 2 heterocycles. The molecule has 9 nitrogen and oxygen atoms in total. The van der Waals surface area contributed by atoms with Gasteiger partial charge in [-0.1, -0.05) is 44.0 Å². The van der Waals surface area contributed by atoms with Crippen LogP contribution in [0.25, 0.3) is 11.4 Å². The lowest BCUT2D eigenvalue weighted by Gasteiger charge is -2.27. The van der Waals surface area contributed by atoms with Gasteiger partial charge in [0.05, 0.1) is 19.4 Å². The van der Waals surface area contributed by atoms with Crippen LogP contribution in [0, 0.1) is 5.41 Å². The van der Waals surface area contributed by atoms with Gasteiger partial charge in [-0.05, 0) is 30.7 Å². The number of benzene rings is 2. The van der Waals surface area contributed by atoms with Crippen molar-refractivity contribution >= 4 is 23.0 Å². The number of halogens is 3. The van der Waals surface area contributed by atoms with Crippen molar-refractivity contribution in [2.45, 2.75) is 38.9 Å². The molecule has 0 fully saturated rings. The molecule has 0 saturated heterocycles. The number of nitrogens with two attached hydrogens (primary N) is 1. The number of aromatic nitrogens is 2. The van der Waals surface area contributed by atoms with Crippen LogP contribution in [0.15, 0.2) is 48.5 Å². The van der Waals surface area contributed by atoms with E-state index in [9.17, 15) is 13.2 Å². The van der Waals surface area contributed by atoms with Crippen LogP contribution in [0.1, 0.15) is 31.9 Å². The van der Waals surface area contributed by atoms with E-state index in [-0.39, 0.29) is 22.9 Å². The average Bonchev–Trinajstić information content (AvgIpc) is 3.23. The molecule has 1 atom stereocenters. The van der Waals surface area contributed by atoms with Gasteiger partial charge in [-0.25, -0.2) is 9.97 Å². The molecule has 2 aromatic carbocycles. The van der Waals surface area contributed by atoms with Gasteiger partial charge in [0.15, 0.2) is 11.6 Å². The number of ether oxygens (including phenoxy) is 3. The molecule has 37 heavy (non-hydrogen) atoms. The minimum absolute atomic E-state index is 0.0601. The van der Waals surface area contributed by atoms with E-state index < -0.39 is 18.5 Å². The minimum Gasteiger partial charge on any atom is -0.495 e. The lowest BCUT2D eigenvalue weighted by molar-refractivity contribution is -0.274. The number of alkyl halides is 3. The molecule has 1 aliphatic rings. The van der Waals surface area contributed by atoms with E-state index in [0.29, 0.717) is 29.5 Å². The number of fused-ring (bicyclic) bond motifs is 1. The summed E-state index contributed by atoms with van der Waals surface area (Å²) >= 11 is 0. The summed E-state index contributed by atoms with van der Waals surface area (Å²) in [6, 6.07) is 12.6. The zero-order valence-electron chi connectivity index (χ0n) is 20.3. The van der Waals surface area contributed by atoms with E-state index in [1.807, 2.05) is 18.2 Å².